The summed E-state index contributed by atoms with van der Waals surface area (Å²) in [5.41, 5.74) is 1.03. The molecule has 0 aliphatic carbocycles. The molecule has 1 aromatic carbocycles. The second kappa shape index (κ2) is 7.09. The number of pyridine rings is 1. The summed E-state index contributed by atoms with van der Waals surface area (Å²) in [6.07, 6.45) is 2.01. The molecule has 1 atom stereocenters. The van der Waals surface area contributed by atoms with Gasteiger partial charge in [-0.05, 0) is 26.5 Å². The summed E-state index contributed by atoms with van der Waals surface area (Å²) < 4.78 is 23.1. The van der Waals surface area contributed by atoms with Gasteiger partial charge >= 0.3 is 0 Å². The van der Waals surface area contributed by atoms with Gasteiger partial charge in [0.1, 0.15) is 12.3 Å². The molecular weight excluding hydrogens is 363 g/mol. The Labute approximate surface area is 162 Å². The van der Waals surface area contributed by atoms with Gasteiger partial charge < -0.3 is 29.5 Å². The minimum atomic E-state index is -0.473. The molecule has 3 heterocycles. The molecule has 7 nitrogen and oxygen atoms in total. The van der Waals surface area contributed by atoms with Crippen molar-refractivity contribution < 1.29 is 9.13 Å². The first-order valence-corrected chi connectivity index (χ1v) is 9.63. The second-order valence-corrected chi connectivity index (χ2v) is 7.55. The monoisotopic (exact) mass is 387 g/mol. The van der Waals surface area contributed by atoms with Crippen LogP contribution in [0.1, 0.15) is 31.9 Å². The zero-order valence-corrected chi connectivity index (χ0v) is 16.4. The molecule has 0 spiro atoms. The molecule has 1 fully saturated rings. The van der Waals surface area contributed by atoms with Crippen molar-refractivity contribution in [1.29, 1.82) is 0 Å². The van der Waals surface area contributed by atoms with E-state index >= 15 is 4.39 Å². The minimum absolute atomic E-state index is 0.0510. The number of hydrogen-bond acceptors (Lipinski definition) is 6. The quantitative estimate of drug-likeness (QED) is 0.598. The molecule has 0 bridgehead atoms. The van der Waals surface area contributed by atoms with Crippen LogP contribution >= 0.6 is 0 Å². The third kappa shape index (κ3) is 2.83. The van der Waals surface area contributed by atoms with Gasteiger partial charge in [0.2, 0.25) is 0 Å². The number of hydrogen-bond donors (Lipinski definition) is 0. The highest BCUT2D eigenvalue weighted by Crippen LogP contribution is 2.42. The lowest BCUT2D eigenvalue weighted by atomic mass is 10.0. The highest BCUT2D eigenvalue weighted by molar-refractivity contribution is 6.04. The van der Waals surface area contributed by atoms with E-state index in [-0.39, 0.29) is 28.1 Å². The number of nitrogens with zero attached hydrogens (tertiary/aromatic N) is 4. The Morgan fingerprint density at radius 1 is 1.36 bits per heavy atom. The van der Waals surface area contributed by atoms with Crippen LogP contribution in [0.5, 0.6) is 5.75 Å². The largest absolute Gasteiger partial charge is 0.792 e. The van der Waals surface area contributed by atoms with Gasteiger partial charge in [0.15, 0.2) is 17.0 Å². The van der Waals surface area contributed by atoms with E-state index in [4.69, 9.17) is 4.74 Å². The van der Waals surface area contributed by atoms with Crippen molar-refractivity contribution in [3.8, 4) is 5.75 Å². The van der Waals surface area contributed by atoms with Gasteiger partial charge in [-0.25, -0.2) is 4.39 Å². The van der Waals surface area contributed by atoms with Gasteiger partial charge in [-0.3, -0.25) is 4.79 Å². The summed E-state index contributed by atoms with van der Waals surface area (Å²) in [6.45, 7) is 7.15. The van der Waals surface area contributed by atoms with Gasteiger partial charge in [0.25, 0.3) is 0 Å². The highest BCUT2D eigenvalue weighted by Gasteiger charge is 2.30. The number of anilines is 1. The normalized spacial score (nSPS) is 20.5. The van der Waals surface area contributed by atoms with Gasteiger partial charge in [-0.2, -0.15) is 0 Å². The average molecular weight is 387 g/mol. The molecule has 0 saturated carbocycles. The number of likely N-dealkylation sites (N-methyl/N-ethyl adjacent to an activating group) is 1. The van der Waals surface area contributed by atoms with E-state index in [9.17, 15) is 10.0 Å². The molecular formula is C20H24FN4O3-. The van der Waals surface area contributed by atoms with E-state index in [1.165, 1.54) is 6.07 Å². The molecule has 28 heavy (non-hydrogen) atoms. The van der Waals surface area contributed by atoms with Crippen molar-refractivity contribution in [3.05, 3.63) is 39.1 Å². The van der Waals surface area contributed by atoms with Gasteiger partial charge in [-0.1, -0.05) is 6.92 Å². The molecule has 2 aromatic rings. The molecule has 0 unspecified atom stereocenters. The Morgan fingerprint density at radius 2 is 2.07 bits per heavy atom. The first-order chi connectivity index (χ1) is 13.5. The standard InChI is InChI=1S/C20H25FN4O3/c1-4-16(22-27)14-10-25-12(2)11-28-20-17(25)13(19(14)26)9-15(21)18(20)24-7-5-23(3)6-8-24/h9-10,12,27H,4-8,11H2,1-3H3/p-1/b22-16+/t12-/m0/s1. The van der Waals surface area contributed by atoms with E-state index in [2.05, 4.69) is 10.1 Å². The summed E-state index contributed by atoms with van der Waals surface area (Å²) in [6, 6.07) is 1.24. The Balaban J connectivity index is 1.99. The number of aromatic nitrogens is 1. The smallest absolute Gasteiger partial charge is 0.198 e. The second-order valence-electron chi connectivity index (χ2n) is 7.55. The lowest BCUT2D eigenvalue weighted by molar-refractivity contribution is 0.245. The van der Waals surface area contributed by atoms with Crippen molar-refractivity contribution in [2.45, 2.75) is 26.3 Å². The minimum Gasteiger partial charge on any atom is -0.792 e. The van der Waals surface area contributed by atoms with Crippen molar-refractivity contribution in [1.82, 2.24) is 9.47 Å². The van der Waals surface area contributed by atoms with Crippen molar-refractivity contribution >= 4 is 22.3 Å². The molecule has 0 N–H and O–H groups in total. The van der Waals surface area contributed by atoms with E-state index in [0.717, 1.165) is 13.1 Å². The van der Waals surface area contributed by atoms with Crippen LogP contribution in [0, 0.1) is 11.0 Å². The number of piperazine rings is 1. The predicted molar refractivity (Wildman–Crippen MR) is 108 cm³/mol. The first-order valence-electron chi connectivity index (χ1n) is 9.63. The van der Waals surface area contributed by atoms with Crippen LogP contribution in [0.15, 0.2) is 22.2 Å². The predicted octanol–water partition coefficient (Wildman–Crippen LogP) is 2.54. The lowest BCUT2D eigenvalue weighted by Crippen LogP contribution is -2.45. The Bertz CT molecular complexity index is 1010. The van der Waals surface area contributed by atoms with Crippen LogP contribution in [-0.4, -0.2) is 55.0 Å². The fraction of sp³-hybridized carbons (Fsp3) is 0.500. The van der Waals surface area contributed by atoms with Crippen LogP contribution < -0.4 is 15.1 Å². The van der Waals surface area contributed by atoms with Crippen LogP contribution in [0.2, 0.25) is 0 Å². The van der Waals surface area contributed by atoms with Crippen molar-refractivity contribution in [2.24, 2.45) is 5.16 Å². The first kappa shape index (κ1) is 18.7. The zero-order chi connectivity index (χ0) is 20.0. The summed E-state index contributed by atoms with van der Waals surface area (Å²) in [5.74, 6) is -0.0575. The number of benzene rings is 1. The molecule has 1 aromatic heterocycles. The van der Waals surface area contributed by atoms with E-state index < -0.39 is 5.82 Å². The molecule has 2 aliphatic heterocycles. The molecule has 8 heteroatoms. The average Bonchev–Trinajstić information content (AvgIpc) is 2.69. The van der Waals surface area contributed by atoms with E-state index in [1.807, 2.05) is 23.4 Å². The van der Waals surface area contributed by atoms with E-state index in [1.54, 1.807) is 13.1 Å². The SMILES string of the molecule is CC/C(=N\[O-])c1cn2c3c(c(N4CCN(C)CC4)c(F)cc3c1=O)OC[C@@H]2C. The Kier molecular flexibility index (Phi) is 4.74. The highest BCUT2D eigenvalue weighted by atomic mass is 19.1. The summed E-state index contributed by atoms with van der Waals surface area (Å²) >= 11 is 0. The molecule has 4 rings (SSSR count). The Morgan fingerprint density at radius 3 is 2.71 bits per heavy atom. The summed E-state index contributed by atoms with van der Waals surface area (Å²) in [7, 11) is 2.04. The third-order valence-electron chi connectivity index (χ3n) is 5.72. The van der Waals surface area contributed by atoms with Gasteiger partial charge in [0.05, 0.1) is 22.5 Å². The molecule has 0 radical (unpaired) electrons. The van der Waals surface area contributed by atoms with Crippen molar-refractivity contribution in [3.63, 3.8) is 0 Å². The zero-order valence-electron chi connectivity index (χ0n) is 16.4. The van der Waals surface area contributed by atoms with Gasteiger partial charge in [-0.15, -0.1) is 0 Å². The van der Waals surface area contributed by atoms with Crippen LogP contribution in [-0.2, 0) is 0 Å². The van der Waals surface area contributed by atoms with Crippen LogP contribution in [0.4, 0.5) is 10.1 Å². The maximum atomic E-state index is 15.2. The number of rotatable bonds is 3. The molecule has 2 aliphatic rings. The molecule has 0 amide bonds. The number of ether oxygens (including phenoxy) is 1. The fourth-order valence-corrected chi connectivity index (χ4v) is 4.05. The van der Waals surface area contributed by atoms with Crippen LogP contribution in [0.25, 0.3) is 10.9 Å². The summed E-state index contributed by atoms with van der Waals surface area (Å²) in [4.78, 5) is 17.2. The lowest BCUT2D eigenvalue weighted by Gasteiger charge is -2.37. The van der Waals surface area contributed by atoms with Crippen molar-refractivity contribution in [2.75, 3.05) is 44.7 Å². The molecule has 1 saturated heterocycles. The maximum absolute atomic E-state index is 15.2. The molecule has 150 valence electrons. The topological polar surface area (TPSA) is 73.1 Å². The third-order valence-corrected chi connectivity index (χ3v) is 5.72. The number of halogens is 1. The maximum Gasteiger partial charge on any atom is 0.198 e. The van der Waals surface area contributed by atoms with E-state index in [0.29, 0.717) is 43.1 Å². The fourth-order valence-electron chi connectivity index (χ4n) is 4.05. The summed E-state index contributed by atoms with van der Waals surface area (Å²) in [5, 5.41) is 14.4. The van der Waals surface area contributed by atoms with Gasteiger partial charge in [0, 0.05) is 38.1 Å². The van der Waals surface area contributed by atoms with Crippen LogP contribution in [0.3, 0.4) is 0 Å². The Hall–Kier alpha value is -2.61.